The summed E-state index contributed by atoms with van der Waals surface area (Å²) in [6, 6.07) is 12.9. The van der Waals surface area contributed by atoms with Crippen molar-refractivity contribution in [3.8, 4) is 0 Å². The lowest BCUT2D eigenvalue weighted by Gasteiger charge is -2.36. The molecule has 2 aromatic heterocycles. The second kappa shape index (κ2) is 7.75. The van der Waals surface area contributed by atoms with Gasteiger partial charge in [0.05, 0.1) is 28.3 Å². The zero-order chi connectivity index (χ0) is 22.5. The summed E-state index contributed by atoms with van der Waals surface area (Å²) in [4.78, 5) is 22.0. The van der Waals surface area contributed by atoms with Crippen LogP contribution in [0, 0.1) is 5.92 Å². The fraction of sp³-hybridized carbons (Fsp3) is 0.304. The number of aliphatic hydroxyl groups is 1. The number of pyridine rings is 1. The first-order valence-corrected chi connectivity index (χ1v) is 12.2. The van der Waals surface area contributed by atoms with Gasteiger partial charge in [0.2, 0.25) is 0 Å². The van der Waals surface area contributed by atoms with E-state index in [1.165, 1.54) is 0 Å². The first-order valence-electron chi connectivity index (χ1n) is 10.5. The minimum absolute atomic E-state index is 0.197. The Hall–Kier alpha value is -3.17. The van der Waals surface area contributed by atoms with Crippen LogP contribution in [0.1, 0.15) is 18.5 Å². The number of hydrogen-bond acceptors (Lipinski definition) is 6. The van der Waals surface area contributed by atoms with Gasteiger partial charge in [-0.25, -0.2) is 18.2 Å². The molecule has 1 aliphatic heterocycles. The summed E-state index contributed by atoms with van der Waals surface area (Å²) in [5, 5.41) is 10.5. The van der Waals surface area contributed by atoms with E-state index < -0.39 is 22.0 Å². The summed E-state index contributed by atoms with van der Waals surface area (Å²) >= 11 is 0. The van der Waals surface area contributed by atoms with Crippen LogP contribution in [-0.2, 0) is 16.4 Å². The van der Waals surface area contributed by atoms with Gasteiger partial charge in [0, 0.05) is 30.9 Å². The number of sulfone groups is 1. The van der Waals surface area contributed by atoms with Gasteiger partial charge in [-0.2, -0.15) is 0 Å². The molecule has 1 aliphatic carbocycles. The van der Waals surface area contributed by atoms with Crippen LogP contribution in [0.25, 0.3) is 11.2 Å². The van der Waals surface area contributed by atoms with Crippen molar-refractivity contribution >= 4 is 21.0 Å². The topological polar surface area (TPSA) is 108 Å². The molecule has 0 radical (unpaired) electrons. The van der Waals surface area contributed by atoms with Gasteiger partial charge in [-0.3, -0.25) is 9.55 Å². The van der Waals surface area contributed by atoms with Gasteiger partial charge in [-0.1, -0.05) is 43.3 Å². The molecule has 2 aliphatic rings. The van der Waals surface area contributed by atoms with E-state index in [0.717, 1.165) is 5.56 Å². The Morgan fingerprint density at radius 2 is 1.97 bits per heavy atom. The van der Waals surface area contributed by atoms with Gasteiger partial charge in [0.15, 0.2) is 15.5 Å². The van der Waals surface area contributed by atoms with Crippen molar-refractivity contribution in [3.05, 3.63) is 87.5 Å². The lowest BCUT2D eigenvalue weighted by Crippen LogP contribution is -2.37. The maximum atomic E-state index is 13.1. The number of imidazole rings is 1. The monoisotopic (exact) mass is 452 g/mol. The smallest absolute Gasteiger partial charge is 0.328 e. The Balaban J connectivity index is 1.64. The SMILES string of the molecule is CC1C2=C(C=CC1n1c(=O)[nH]c3ncccc31)S(=O)(=O)CC(O)CN2Cc1ccccc1. The first-order chi connectivity index (χ1) is 15.3. The van der Waals surface area contributed by atoms with E-state index in [1.54, 1.807) is 29.0 Å². The van der Waals surface area contributed by atoms with Crippen LogP contribution in [0.2, 0.25) is 0 Å². The molecule has 0 saturated heterocycles. The third kappa shape index (κ3) is 3.47. The van der Waals surface area contributed by atoms with Crippen LogP contribution in [-0.4, -0.2) is 51.4 Å². The molecule has 0 saturated carbocycles. The Morgan fingerprint density at radius 1 is 1.19 bits per heavy atom. The molecule has 0 amide bonds. The molecule has 1 aromatic carbocycles. The van der Waals surface area contributed by atoms with Crippen LogP contribution in [0.5, 0.6) is 0 Å². The highest BCUT2D eigenvalue weighted by Crippen LogP contribution is 2.40. The maximum absolute atomic E-state index is 13.1. The zero-order valence-electron chi connectivity index (χ0n) is 17.5. The van der Waals surface area contributed by atoms with E-state index in [2.05, 4.69) is 9.97 Å². The third-order valence-corrected chi connectivity index (χ3v) is 8.00. The first kappa shape index (κ1) is 20.7. The van der Waals surface area contributed by atoms with E-state index in [9.17, 15) is 18.3 Å². The minimum Gasteiger partial charge on any atom is -0.390 e. The molecule has 0 bridgehead atoms. The molecule has 9 heteroatoms. The number of allylic oxidation sites excluding steroid dienone is 3. The van der Waals surface area contributed by atoms with E-state index in [-0.39, 0.29) is 28.8 Å². The maximum Gasteiger partial charge on any atom is 0.328 e. The van der Waals surface area contributed by atoms with E-state index in [0.29, 0.717) is 23.4 Å². The zero-order valence-corrected chi connectivity index (χ0v) is 18.4. The fourth-order valence-electron chi connectivity index (χ4n) is 4.80. The molecular formula is C23H24N4O4S. The number of fused-ring (bicyclic) bond motifs is 1. The van der Waals surface area contributed by atoms with Crippen molar-refractivity contribution in [2.24, 2.45) is 5.92 Å². The summed E-state index contributed by atoms with van der Waals surface area (Å²) in [5.41, 5.74) is 2.49. The number of aromatic amines is 1. The number of hydrogen-bond donors (Lipinski definition) is 2. The van der Waals surface area contributed by atoms with Crippen molar-refractivity contribution < 1.29 is 13.5 Å². The number of aromatic nitrogens is 3. The third-order valence-electron chi connectivity index (χ3n) is 6.16. The second-order valence-corrected chi connectivity index (χ2v) is 10.4. The van der Waals surface area contributed by atoms with E-state index in [4.69, 9.17) is 0 Å². The molecule has 166 valence electrons. The van der Waals surface area contributed by atoms with Gasteiger partial charge < -0.3 is 10.0 Å². The lowest BCUT2D eigenvalue weighted by molar-refractivity contribution is 0.137. The van der Waals surface area contributed by atoms with Crippen LogP contribution < -0.4 is 5.69 Å². The van der Waals surface area contributed by atoms with E-state index in [1.807, 2.05) is 48.2 Å². The van der Waals surface area contributed by atoms with Crippen molar-refractivity contribution in [3.63, 3.8) is 0 Å². The average Bonchev–Trinajstić information content (AvgIpc) is 3.04. The number of β-amino-alcohol motifs (C(OH)–C–C–N with tert-alkyl or cyclic N) is 1. The molecule has 3 aromatic rings. The Labute approximate surface area is 185 Å². The predicted molar refractivity (Wildman–Crippen MR) is 121 cm³/mol. The Morgan fingerprint density at radius 3 is 2.75 bits per heavy atom. The molecular weight excluding hydrogens is 428 g/mol. The number of nitrogens with zero attached hydrogens (tertiary/aromatic N) is 3. The molecule has 3 unspecified atom stereocenters. The molecule has 2 N–H and O–H groups in total. The lowest BCUT2D eigenvalue weighted by atomic mass is 9.91. The standard InChI is InChI=1S/C23H24N4O4S/c1-15-18(27-19-8-5-11-24-22(19)25-23(27)29)9-10-20-21(15)26(12-16-6-3-2-4-7-16)13-17(28)14-32(20,30)31/h2-11,15,17-18,28H,12-14H2,1H3,(H,24,25,29). The van der Waals surface area contributed by atoms with Crippen LogP contribution in [0.15, 0.2) is 76.2 Å². The van der Waals surface area contributed by atoms with Crippen molar-refractivity contribution in [2.75, 3.05) is 12.3 Å². The number of rotatable bonds is 3. The number of H-pyrrole nitrogens is 1. The van der Waals surface area contributed by atoms with Crippen molar-refractivity contribution in [1.82, 2.24) is 19.4 Å². The number of nitrogens with one attached hydrogen (secondary N) is 1. The molecule has 3 atom stereocenters. The van der Waals surface area contributed by atoms with Crippen molar-refractivity contribution in [2.45, 2.75) is 25.6 Å². The summed E-state index contributed by atoms with van der Waals surface area (Å²) in [6.07, 6.45) is 3.96. The van der Waals surface area contributed by atoms with Gasteiger partial charge in [0.1, 0.15) is 0 Å². The molecule has 0 spiro atoms. The average molecular weight is 453 g/mol. The Bertz CT molecular complexity index is 1390. The number of aliphatic hydroxyl groups excluding tert-OH is 1. The summed E-state index contributed by atoms with van der Waals surface area (Å²) < 4.78 is 27.8. The minimum atomic E-state index is -3.68. The predicted octanol–water partition coefficient (Wildman–Crippen LogP) is 1.97. The van der Waals surface area contributed by atoms with Gasteiger partial charge in [0.25, 0.3) is 0 Å². The van der Waals surface area contributed by atoms with Gasteiger partial charge in [-0.05, 0) is 23.8 Å². The van der Waals surface area contributed by atoms with Crippen molar-refractivity contribution in [1.29, 1.82) is 0 Å². The summed E-state index contributed by atoms with van der Waals surface area (Å²) in [7, 11) is -3.68. The molecule has 8 nitrogen and oxygen atoms in total. The largest absolute Gasteiger partial charge is 0.390 e. The van der Waals surface area contributed by atoms with E-state index >= 15 is 0 Å². The molecule has 32 heavy (non-hydrogen) atoms. The Kier molecular flexibility index (Phi) is 5.02. The summed E-state index contributed by atoms with van der Waals surface area (Å²) in [6.45, 7) is 2.58. The molecule has 0 fully saturated rings. The van der Waals surface area contributed by atoms with Crippen LogP contribution in [0.4, 0.5) is 0 Å². The highest BCUT2D eigenvalue weighted by atomic mass is 32.2. The van der Waals surface area contributed by atoms with Crippen LogP contribution in [0.3, 0.4) is 0 Å². The van der Waals surface area contributed by atoms with Gasteiger partial charge in [-0.15, -0.1) is 0 Å². The highest BCUT2D eigenvalue weighted by Gasteiger charge is 2.39. The fourth-order valence-corrected chi connectivity index (χ4v) is 6.51. The highest BCUT2D eigenvalue weighted by molar-refractivity contribution is 7.95. The second-order valence-electron chi connectivity index (χ2n) is 8.36. The quantitative estimate of drug-likeness (QED) is 0.629. The number of benzene rings is 1. The van der Waals surface area contributed by atoms with Crippen LogP contribution >= 0.6 is 0 Å². The molecule has 5 rings (SSSR count). The molecule has 3 heterocycles. The van der Waals surface area contributed by atoms with Gasteiger partial charge >= 0.3 is 5.69 Å². The summed E-state index contributed by atoms with van der Waals surface area (Å²) in [5.74, 6) is -0.647. The normalized spacial score (nSPS) is 25.1.